The summed E-state index contributed by atoms with van der Waals surface area (Å²) < 4.78 is 15.6. The highest BCUT2D eigenvalue weighted by Gasteiger charge is 2.34. The molecule has 1 rings (SSSR count). The van der Waals surface area contributed by atoms with Crippen LogP contribution in [0.4, 0.5) is 9.59 Å². The topological polar surface area (TPSA) is 85.4 Å². The molecule has 0 N–H and O–H groups in total. The molecule has 0 radical (unpaired) electrons. The molecule has 0 heterocycles. The summed E-state index contributed by atoms with van der Waals surface area (Å²) in [5.41, 5.74) is -0.00519. The van der Waals surface area contributed by atoms with Gasteiger partial charge in [0.1, 0.15) is 18.8 Å². The quantitative estimate of drug-likeness (QED) is 0.415. The van der Waals surface area contributed by atoms with Gasteiger partial charge in [0.15, 0.2) is 0 Å². The first-order valence-electron chi connectivity index (χ1n) is 9.21. The average Bonchev–Trinajstić information content (AvgIpc) is 2.58. The largest absolute Gasteiger partial charge is 0.465 e. The molecule has 0 fully saturated rings. The lowest BCUT2D eigenvalue weighted by molar-refractivity contribution is -0.149. The first-order valence-corrected chi connectivity index (χ1v) is 9.21. The summed E-state index contributed by atoms with van der Waals surface area (Å²) in [4.78, 5) is 37.4. The Morgan fingerprint density at radius 2 is 1.61 bits per heavy atom. The zero-order chi connectivity index (χ0) is 21.3. The first-order chi connectivity index (χ1) is 13.0. The number of amides is 2. The molecule has 0 spiro atoms. The van der Waals surface area contributed by atoms with Crippen LogP contribution in [0.25, 0.3) is 0 Å². The van der Waals surface area contributed by atoms with Crippen molar-refractivity contribution < 1.29 is 28.6 Å². The van der Waals surface area contributed by atoms with E-state index in [-0.39, 0.29) is 13.2 Å². The Balaban J connectivity index is 3.02. The van der Waals surface area contributed by atoms with Gasteiger partial charge < -0.3 is 14.2 Å². The summed E-state index contributed by atoms with van der Waals surface area (Å²) in [7, 11) is 0. The van der Waals surface area contributed by atoms with Crippen molar-refractivity contribution in [1.29, 1.82) is 0 Å². The summed E-state index contributed by atoms with van der Waals surface area (Å²) in [6.45, 7) is 9.86. The number of esters is 1. The van der Waals surface area contributed by atoms with Crippen molar-refractivity contribution in [3.8, 4) is 0 Å². The summed E-state index contributed by atoms with van der Waals surface area (Å²) in [6, 6.07) is 8.68. The first kappa shape index (κ1) is 23.3. The van der Waals surface area contributed by atoms with Gasteiger partial charge in [-0.3, -0.25) is 4.79 Å². The molecule has 0 saturated heterocycles. The Morgan fingerprint density at radius 1 is 1.00 bits per heavy atom. The smallest absolute Gasteiger partial charge is 0.430 e. The van der Waals surface area contributed by atoms with Gasteiger partial charge in [-0.15, -0.1) is 0 Å². The van der Waals surface area contributed by atoms with Gasteiger partial charge >= 0.3 is 18.2 Å². The van der Waals surface area contributed by atoms with E-state index in [1.54, 1.807) is 41.5 Å². The highest BCUT2D eigenvalue weighted by Crippen LogP contribution is 2.16. The van der Waals surface area contributed by atoms with Gasteiger partial charge in [-0.1, -0.05) is 30.3 Å². The van der Waals surface area contributed by atoms with Crippen molar-refractivity contribution in [2.45, 2.75) is 59.8 Å². The number of hydrogen-bond donors (Lipinski definition) is 0. The number of nitrogens with zero attached hydrogens (tertiary/aromatic N) is 2. The Hall–Kier alpha value is -2.77. The molecule has 0 aromatic heterocycles. The van der Waals surface area contributed by atoms with E-state index in [4.69, 9.17) is 14.2 Å². The van der Waals surface area contributed by atoms with Gasteiger partial charge in [-0.2, -0.15) is 0 Å². The van der Waals surface area contributed by atoms with E-state index in [9.17, 15) is 14.4 Å². The van der Waals surface area contributed by atoms with Crippen molar-refractivity contribution in [3.05, 3.63) is 35.9 Å². The van der Waals surface area contributed by atoms with Crippen LogP contribution >= 0.6 is 0 Å². The molecule has 1 aromatic rings. The number of ether oxygens (including phenoxy) is 3. The van der Waals surface area contributed by atoms with Crippen LogP contribution in [0.3, 0.4) is 0 Å². The summed E-state index contributed by atoms with van der Waals surface area (Å²) in [6.07, 6.45) is -1.61. The van der Waals surface area contributed by atoms with E-state index in [0.717, 1.165) is 15.6 Å². The Labute approximate surface area is 166 Å². The molecule has 0 unspecified atom stereocenters. The molecule has 0 bridgehead atoms. The summed E-state index contributed by atoms with van der Waals surface area (Å²) >= 11 is 0. The highest BCUT2D eigenvalue weighted by atomic mass is 16.6. The van der Waals surface area contributed by atoms with Gasteiger partial charge in [0, 0.05) is 0 Å². The predicted molar refractivity (Wildman–Crippen MR) is 103 cm³/mol. The number of hydrogen-bond acceptors (Lipinski definition) is 6. The van der Waals surface area contributed by atoms with E-state index in [1.165, 1.54) is 0 Å². The second-order valence-corrected chi connectivity index (χ2v) is 7.32. The average molecular weight is 394 g/mol. The monoisotopic (exact) mass is 394 g/mol. The Kier molecular flexibility index (Phi) is 8.76. The Morgan fingerprint density at radius 3 is 2.11 bits per heavy atom. The zero-order valence-corrected chi connectivity index (χ0v) is 17.4. The molecular weight excluding hydrogens is 364 g/mol. The molecule has 156 valence electrons. The minimum absolute atomic E-state index is 0.0322. The van der Waals surface area contributed by atoms with Crippen LogP contribution in [-0.2, 0) is 25.6 Å². The summed E-state index contributed by atoms with van der Waals surface area (Å²) in [5.74, 6) is -0.658. The maximum absolute atomic E-state index is 12.7. The van der Waals surface area contributed by atoms with Crippen molar-refractivity contribution in [1.82, 2.24) is 10.0 Å². The van der Waals surface area contributed by atoms with E-state index < -0.39 is 36.3 Å². The molecule has 1 aromatic carbocycles. The lowest BCUT2D eigenvalue weighted by atomic mass is 10.2. The molecule has 2 amide bonds. The molecule has 0 atom stereocenters. The van der Waals surface area contributed by atoms with Gasteiger partial charge in [0.2, 0.25) is 0 Å². The third kappa shape index (κ3) is 7.85. The van der Waals surface area contributed by atoms with Crippen molar-refractivity contribution in [3.63, 3.8) is 0 Å². The zero-order valence-electron chi connectivity index (χ0n) is 17.4. The van der Waals surface area contributed by atoms with Crippen LogP contribution in [0, 0.1) is 0 Å². The second kappa shape index (κ2) is 10.5. The van der Waals surface area contributed by atoms with E-state index in [0.29, 0.717) is 0 Å². The molecule has 8 nitrogen and oxygen atoms in total. The number of carbonyl (C=O) groups is 3. The van der Waals surface area contributed by atoms with Gasteiger partial charge in [-0.25, -0.2) is 19.6 Å². The number of carbonyl (C=O) groups excluding carboxylic acids is 3. The molecule has 8 heteroatoms. The third-order valence-corrected chi connectivity index (χ3v) is 3.33. The fraction of sp³-hybridized carbons (Fsp3) is 0.550. The molecule has 0 saturated carbocycles. The van der Waals surface area contributed by atoms with Crippen molar-refractivity contribution in [2.24, 2.45) is 0 Å². The number of rotatable bonds is 6. The van der Waals surface area contributed by atoms with Crippen LogP contribution in [0.15, 0.2) is 30.3 Å². The molecular formula is C20H30N2O6. The second-order valence-electron chi connectivity index (χ2n) is 7.32. The van der Waals surface area contributed by atoms with Crippen molar-refractivity contribution >= 4 is 18.2 Å². The van der Waals surface area contributed by atoms with Gasteiger partial charge in [0.25, 0.3) is 0 Å². The van der Waals surface area contributed by atoms with Gasteiger partial charge in [0.05, 0.1) is 12.6 Å². The lowest BCUT2D eigenvalue weighted by Gasteiger charge is -2.36. The predicted octanol–water partition coefficient (Wildman–Crippen LogP) is 3.75. The maximum Gasteiger partial charge on any atom is 0.430 e. The molecule has 0 aliphatic heterocycles. The highest BCUT2D eigenvalue weighted by molar-refractivity contribution is 5.80. The number of benzene rings is 1. The third-order valence-electron chi connectivity index (χ3n) is 3.33. The van der Waals surface area contributed by atoms with E-state index in [2.05, 4.69) is 0 Å². The maximum atomic E-state index is 12.7. The Bertz CT molecular complexity index is 654. The fourth-order valence-corrected chi connectivity index (χ4v) is 2.25. The SMILES string of the molecule is CCOC(=O)CN(C(=O)OC(C)(C)C)N(C(=O)OCc1ccccc1)C(C)C. The molecule has 0 aliphatic carbocycles. The van der Waals surface area contributed by atoms with Crippen LogP contribution in [0.2, 0.25) is 0 Å². The lowest BCUT2D eigenvalue weighted by Crippen LogP contribution is -2.56. The fourth-order valence-electron chi connectivity index (χ4n) is 2.25. The minimum Gasteiger partial charge on any atom is -0.465 e. The standard InChI is InChI=1S/C20H30N2O6/c1-7-26-17(23)13-21(18(24)28-20(4,5)6)22(15(2)3)19(25)27-14-16-11-9-8-10-12-16/h8-12,15H,7,13-14H2,1-6H3. The molecule has 0 aliphatic rings. The van der Waals surface area contributed by atoms with Crippen LogP contribution in [-0.4, -0.2) is 53.0 Å². The number of hydrazine groups is 1. The normalized spacial score (nSPS) is 11.0. The van der Waals surface area contributed by atoms with Crippen LogP contribution < -0.4 is 0 Å². The van der Waals surface area contributed by atoms with E-state index >= 15 is 0 Å². The minimum atomic E-state index is -0.842. The van der Waals surface area contributed by atoms with Crippen LogP contribution in [0.1, 0.15) is 47.1 Å². The van der Waals surface area contributed by atoms with E-state index in [1.807, 2.05) is 30.3 Å². The summed E-state index contributed by atoms with van der Waals surface area (Å²) in [5, 5.41) is 1.98. The molecule has 28 heavy (non-hydrogen) atoms. The van der Waals surface area contributed by atoms with Crippen LogP contribution in [0.5, 0.6) is 0 Å². The van der Waals surface area contributed by atoms with Gasteiger partial charge in [-0.05, 0) is 47.1 Å². The van der Waals surface area contributed by atoms with Crippen molar-refractivity contribution in [2.75, 3.05) is 13.2 Å².